The summed E-state index contributed by atoms with van der Waals surface area (Å²) in [6.45, 7) is 3.24. The van der Waals surface area contributed by atoms with Crippen LogP contribution in [0.3, 0.4) is 0 Å². The highest BCUT2D eigenvalue weighted by atomic mass is 35.5. The minimum absolute atomic E-state index is 0.308. The van der Waals surface area contributed by atoms with Crippen molar-refractivity contribution >= 4 is 23.5 Å². The quantitative estimate of drug-likeness (QED) is 0.775. The van der Waals surface area contributed by atoms with Gasteiger partial charge in [-0.15, -0.1) is 0 Å². The minimum Gasteiger partial charge on any atom is -0.493 e. The van der Waals surface area contributed by atoms with Crippen LogP contribution >= 0.6 is 11.6 Å². The molecule has 2 rings (SSSR count). The number of likely N-dealkylation sites (N-methyl/N-ethyl adjacent to an activating group) is 1. The first-order valence-corrected chi connectivity index (χ1v) is 8.61. The Hall–Kier alpha value is -2.73. The smallest absolute Gasteiger partial charge is 0.329 e. The number of amides is 1. The summed E-state index contributed by atoms with van der Waals surface area (Å²) in [5, 5.41) is 9.95. The van der Waals surface area contributed by atoms with Gasteiger partial charge in [-0.05, 0) is 49.7 Å². The van der Waals surface area contributed by atoms with Crippen molar-refractivity contribution < 1.29 is 24.2 Å². The molecule has 0 aliphatic heterocycles. The van der Waals surface area contributed by atoms with Crippen LogP contribution in [0.25, 0.3) is 0 Å². The van der Waals surface area contributed by atoms with E-state index in [1.54, 1.807) is 24.3 Å². The third-order valence-electron chi connectivity index (χ3n) is 4.38. The molecule has 1 amide bonds. The van der Waals surface area contributed by atoms with Crippen molar-refractivity contribution in [2.24, 2.45) is 0 Å². The van der Waals surface area contributed by atoms with Crippen LogP contribution in [0, 0.1) is 0 Å². The molecule has 0 fully saturated rings. The number of nitrogens with zero attached hydrogens (tertiary/aromatic N) is 1. The van der Waals surface area contributed by atoms with Gasteiger partial charge in [-0.2, -0.15) is 0 Å². The van der Waals surface area contributed by atoms with Crippen molar-refractivity contribution in [2.75, 3.05) is 14.2 Å². The lowest BCUT2D eigenvalue weighted by Gasteiger charge is -2.31. The fraction of sp³-hybridized carbons (Fsp3) is 0.300. The molecule has 0 atom stereocenters. The molecule has 2 aromatic carbocycles. The molecule has 0 saturated heterocycles. The second-order valence-corrected chi connectivity index (χ2v) is 6.95. The third-order valence-corrected chi connectivity index (χ3v) is 4.64. The molecular weight excluding hydrogens is 370 g/mol. The Morgan fingerprint density at radius 2 is 1.74 bits per heavy atom. The van der Waals surface area contributed by atoms with E-state index < -0.39 is 17.4 Å². The average Bonchev–Trinajstić information content (AvgIpc) is 2.66. The number of halogens is 1. The fourth-order valence-electron chi connectivity index (χ4n) is 2.25. The van der Waals surface area contributed by atoms with Crippen molar-refractivity contribution in [1.29, 1.82) is 0 Å². The molecule has 0 spiro atoms. The normalized spacial score (nSPS) is 11.0. The molecule has 27 heavy (non-hydrogen) atoms. The fourth-order valence-corrected chi connectivity index (χ4v) is 2.38. The highest BCUT2D eigenvalue weighted by Gasteiger charge is 2.35. The Balaban J connectivity index is 2.18. The van der Waals surface area contributed by atoms with Crippen molar-refractivity contribution in [1.82, 2.24) is 4.90 Å². The van der Waals surface area contributed by atoms with Crippen molar-refractivity contribution in [3.63, 3.8) is 0 Å². The first-order chi connectivity index (χ1) is 12.7. The van der Waals surface area contributed by atoms with Gasteiger partial charge in [0, 0.05) is 17.6 Å². The molecule has 0 radical (unpaired) electrons. The number of rotatable bonds is 7. The van der Waals surface area contributed by atoms with Gasteiger partial charge < -0.3 is 19.5 Å². The zero-order chi connectivity index (χ0) is 20.2. The second-order valence-electron chi connectivity index (χ2n) is 6.51. The van der Waals surface area contributed by atoms with Crippen LogP contribution in [0.2, 0.25) is 5.02 Å². The summed E-state index contributed by atoms with van der Waals surface area (Å²) in [7, 11) is 2.93. The van der Waals surface area contributed by atoms with Gasteiger partial charge >= 0.3 is 5.97 Å². The van der Waals surface area contributed by atoms with Gasteiger partial charge in [-0.1, -0.05) is 23.7 Å². The lowest BCUT2D eigenvalue weighted by atomic mass is 10.0. The number of aliphatic carboxylic acids is 1. The highest BCUT2D eigenvalue weighted by molar-refractivity contribution is 6.30. The molecule has 0 saturated carbocycles. The second kappa shape index (κ2) is 8.31. The van der Waals surface area contributed by atoms with E-state index in [1.165, 1.54) is 39.0 Å². The minimum atomic E-state index is -1.34. The lowest BCUT2D eigenvalue weighted by molar-refractivity contribution is -0.147. The number of carbonyl (C=O) groups excluding carboxylic acids is 1. The largest absolute Gasteiger partial charge is 0.493 e. The Labute approximate surface area is 163 Å². The van der Waals surface area contributed by atoms with Crippen molar-refractivity contribution in [3.8, 4) is 11.5 Å². The zero-order valence-corrected chi connectivity index (χ0v) is 16.4. The number of methoxy groups -OCH3 is 1. The first-order valence-electron chi connectivity index (χ1n) is 8.23. The highest BCUT2D eigenvalue weighted by Crippen LogP contribution is 2.30. The van der Waals surface area contributed by atoms with E-state index in [-0.39, 0.29) is 0 Å². The van der Waals surface area contributed by atoms with Crippen LogP contribution in [0.15, 0.2) is 42.5 Å². The van der Waals surface area contributed by atoms with Crippen LogP contribution in [0.1, 0.15) is 29.8 Å². The molecule has 0 aliphatic rings. The lowest BCUT2D eigenvalue weighted by Crippen LogP contribution is -2.50. The summed E-state index contributed by atoms with van der Waals surface area (Å²) >= 11 is 5.87. The van der Waals surface area contributed by atoms with Gasteiger partial charge in [0.15, 0.2) is 11.5 Å². The third kappa shape index (κ3) is 4.71. The maximum absolute atomic E-state index is 12.6. The SMILES string of the molecule is COc1cc(C(=O)N(C)C(C)(C)C(=O)O)ccc1OCc1ccc(Cl)cc1. The van der Waals surface area contributed by atoms with Gasteiger partial charge in [-0.3, -0.25) is 4.79 Å². The molecular formula is C20H22ClNO5. The topological polar surface area (TPSA) is 76.1 Å². The van der Waals surface area contributed by atoms with Crippen LogP contribution < -0.4 is 9.47 Å². The van der Waals surface area contributed by atoms with Gasteiger partial charge in [-0.25, -0.2) is 4.79 Å². The number of hydrogen-bond acceptors (Lipinski definition) is 4. The molecule has 0 aliphatic carbocycles. The molecule has 0 aromatic heterocycles. The Bertz CT molecular complexity index is 833. The van der Waals surface area contributed by atoms with E-state index >= 15 is 0 Å². The summed E-state index contributed by atoms with van der Waals surface area (Å²) in [5.74, 6) is -0.654. The summed E-state index contributed by atoms with van der Waals surface area (Å²) in [5.41, 5.74) is -0.0966. The average molecular weight is 392 g/mol. The number of hydrogen-bond donors (Lipinski definition) is 1. The number of ether oxygens (including phenoxy) is 2. The maximum atomic E-state index is 12.6. The van der Waals surface area contributed by atoms with E-state index in [0.29, 0.717) is 28.7 Å². The summed E-state index contributed by atoms with van der Waals surface area (Å²) < 4.78 is 11.1. The van der Waals surface area contributed by atoms with Crippen molar-refractivity contribution in [3.05, 3.63) is 58.6 Å². The molecule has 0 bridgehead atoms. The molecule has 2 aromatic rings. The van der Waals surface area contributed by atoms with Gasteiger partial charge in [0.25, 0.3) is 5.91 Å². The number of carboxylic acids is 1. The van der Waals surface area contributed by atoms with E-state index in [0.717, 1.165) is 5.56 Å². The Kier molecular flexibility index (Phi) is 6.33. The first kappa shape index (κ1) is 20.6. The van der Waals surface area contributed by atoms with Crippen LogP contribution in [0.4, 0.5) is 0 Å². The van der Waals surface area contributed by atoms with Crippen molar-refractivity contribution in [2.45, 2.75) is 26.0 Å². The molecule has 1 N–H and O–H groups in total. The molecule has 144 valence electrons. The zero-order valence-electron chi connectivity index (χ0n) is 15.7. The predicted octanol–water partition coefficient (Wildman–Crippen LogP) is 3.86. The van der Waals surface area contributed by atoms with Gasteiger partial charge in [0.1, 0.15) is 12.1 Å². The van der Waals surface area contributed by atoms with Gasteiger partial charge in [0.2, 0.25) is 0 Å². The predicted molar refractivity (Wildman–Crippen MR) is 103 cm³/mol. The Morgan fingerprint density at radius 3 is 2.30 bits per heavy atom. The van der Waals surface area contributed by atoms with Crippen LogP contribution in [0.5, 0.6) is 11.5 Å². The molecule has 0 unspecified atom stereocenters. The number of benzene rings is 2. The maximum Gasteiger partial charge on any atom is 0.329 e. The number of carboxylic acid groups (broad SMARTS) is 1. The summed E-state index contributed by atoms with van der Waals surface area (Å²) in [6, 6.07) is 12.0. The Morgan fingerprint density at radius 1 is 1.11 bits per heavy atom. The van der Waals surface area contributed by atoms with Crippen LogP contribution in [-0.2, 0) is 11.4 Å². The van der Waals surface area contributed by atoms with Gasteiger partial charge in [0.05, 0.1) is 7.11 Å². The molecule has 6 nitrogen and oxygen atoms in total. The van der Waals surface area contributed by atoms with E-state index in [4.69, 9.17) is 21.1 Å². The summed E-state index contributed by atoms with van der Waals surface area (Å²) in [4.78, 5) is 25.2. The van der Waals surface area contributed by atoms with E-state index in [2.05, 4.69) is 0 Å². The molecule has 0 heterocycles. The molecule has 7 heteroatoms. The standard InChI is InChI=1S/C20H22ClNO5/c1-20(2,19(24)25)22(3)18(23)14-7-10-16(17(11-14)26-4)27-12-13-5-8-15(21)9-6-13/h5-11H,12H2,1-4H3,(H,24,25). The van der Waals surface area contributed by atoms with E-state index in [9.17, 15) is 14.7 Å². The van der Waals surface area contributed by atoms with Crippen LogP contribution in [-0.4, -0.2) is 41.6 Å². The van der Waals surface area contributed by atoms with E-state index in [1.807, 2.05) is 12.1 Å². The number of carbonyl (C=O) groups is 2. The monoisotopic (exact) mass is 391 g/mol. The summed E-state index contributed by atoms with van der Waals surface area (Å²) in [6.07, 6.45) is 0.